The van der Waals surface area contributed by atoms with Crippen molar-refractivity contribution in [3.8, 4) is 11.5 Å². The van der Waals surface area contributed by atoms with Crippen molar-refractivity contribution in [3.05, 3.63) is 27.8 Å². The van der Waals surface area contributed by atoms with Gasteiger partial charge in [-0.05, 0) is 37.5 Å². The van der Waals surface area contributed by atoms with Crippen molar-refractivity contribution in [2.24, 2.45) is 0 Å². The molecule has 0 saturated carbocycles. The number of hydrogen-bond acceptors (Lipinski definition) is 2. The van der Waals surface area contributed by atoms with Crippen molar-refractivity contribution in [2.75, 3.05) is 5.73 Å². The second-order valence-electron chi connectivity index (χ2n) is 5.84. The molecule has 0 saturated heterocycles. The smallest absolute Gasteiger partial charge is 0.336 e. The van der Waals surface area contributed by atoms with Crippen LogP contribution in [0.1, 0.15) is 32.6 Å². The maximum Gasteiger partial charge on any atom is 0.336 e. The first-order valence-electron chi connectivity index (χ1n) is 6.22. The third-order valence-corrected chi connectivity index (χ3v) is 3.96. The molecule has 0 bridgehead atoms. The molecule has 0 unspecified atom stereocenters. The van der Waals surface area contributed by atoms with Crippen LogP contribution in [0, 0.1) is 32.2 Å². The van der Waals surface area contributed by atoms with Crippen molar-refractivity contribution in [2.45, 2.75) is 40.4 Å². The summed E-state index contributed by atoms with van der Waals surface area (Å²) in [6, 6.07) is 0. The van der Waals surface area contributed by atoms with Crippen molar-refractivity contribution >= 4 is 19.7 Å². The van der Waals surface area contributed by atoms with Gasteiger partial charge in [0, 0.05) is 11.3 Å². The molecule has 1 aromatic carbocycles. The average Bonchev–Trinajstić information content (AvgIpc) is 2.24. The predicted molar refractivity (Wildman–Crippen MR) is 82.2 cm³/mol. The normalized spacial score (nSPS) is 10.8. The summed E-state index contributed by atoms with van der Waals surface area (Å²) >= 11 is 0. The van der Waals surface area contributed by atoms with Crippen LogP contribution in [0.3, 0.4) is 0 Å². The maximum absolute atomic E-state index is 11.4. The third-order valence-electron chi connectivity index (χ3n) is 3.08. The third kappa shape index (κ3) is 3.18. The molecule has 0 amide bonds. The molecule has 3 nitrogen and oxygen atoms in total. The zero-order valence-electron chi connectivity index (χ0n) is 12.4. The SMILES string of the molecule is Cc1c(N)c(C)c(C(=O)O)c(C)c1C#C[Si](C)(C)C. The molecule has 102 valence electrons. The Labute approximate surface area is 115 Å². The van der Waals surface area contributed by atoms with E-state index in [0.29, 0.717) is 16.8 Å². The summed E-state index contributed by atoms with van der Waals surface area (Å²) in [5.41, 5.74) is 13.1. The van der Waals surface area contributed by atoms with Crippen LogP contribution in [0.5, 0.6) is 0 Å². The van der Waals surface area contributed by atoms with Crippen LogP contribution in [0.15, 0.2) is 0 Å². The number of nitrogen functional groups attached to an aromatic ring is 1. The van der Waals surface area contributed by atoms with E-state index in [0.717, 1.165) is 11.1 Å². The Morgan fingerprint density at radius 2 is 1.63 bits per heavy atom. The van der Waals surface area contributed by atoms with E-state index in [4.69, 9.17) is 5.73 Å². The van der Waals surface area contributed by atoms with Crippen molar-refractivity contribution in [1.82, 2.24) is 0 Å². The van der Waals surface area contributed by atoms with Crippen LogP contribution in [-0.2, 0) is 0 Å². The summed E-state index contributed by atoms with van der Waals surface area (Å²) in [6.07, 6.45) is 0. The number of anilines is 1. The highest BCUT2D eigenvalue weighted by molar-refractivity contribution is 6.83. The van der Waals surface area contributed by atoms with Crippen LogP contribution >= 0.6 is 0 Å². The van der Waals surface area contributed by atoms with Crippen LogP contribution in [0.4, 0.5) is 5.69 Å². The number of benzene rings is 1. The van der Waals surface area contributed by atoms with Gasteiger partial charge in [0.15, 0.2) is 0 Å². The molecule has 4 heteroatoms. The Morgan fingerprint density at radius 1 is 1.11 bits per heavy atom. The molecule has 0 radical (unpaired) electrons. The molecule has 19 heavy (non-hydrogen) atoms. The zero-order valence-corrected chi connectivity index (χ0v) is 13.4. The topological polar surface area (TPSA) is 63.3 Å². The number of carboxylic acids is 1. The summed E-state index contributed by atoms with van der Waals surface area (Å²) < 4.78 is 0. The van der Waals surface area contributed by atoms with Gasteiger partial charge in [-0.15, -0.1) is 5.54 Å². The minimum absolute atomic E-state index is 0.281. The van der Waals surface area contributed by atoms with E-state index in [9.17, 15) is 9.90 Å². The molecule has 1 aromatic rings. The minimum Gasteiger partial charge on any atom is -0.478 e. The molecular formula is C15H21NO2Si. The number of aromatic carboxylic acids is 1. The molecule has 1 rings (SSSR count). The fourth-order valence-corrected chi connectivity index (χ4v) is 2.50. The van der Waals surface area contributed by atoms with Crippen LogP contribution in [0.2, 0.25) is 19.6 Å². The van der Waals surface area contributed by atoms with E-state index >= 15 is 0 Å². The first-order valence-corrected chi connectivity index (χ1v) is 9.72. The van der Waals surface area contributed by atoms with Gasteiger partial charge in [0.25, 0.3) is 0 Å². The zero-order chi connectivity index (χ0) is 15.0. The number of rotatable bonds is 1. The lowest BCUT2D eigenvalue weighted by molar-refractivity contribution is 0.0695. The highest BCUT2D eigenvalue weighted by atomic mass is 28.3. The van der Waals surface area contributed by atoms with Gasteiger partial charge >= 0.3 is 5.97 Å². The van der Waals surface area contributed by atoms with Gasteiger partial charge in [-0.25, -0.2) is 4.79 Å². The molecule has 0 aromatic heterocycles. The molecule has 0 atom stereocenters. The Balaban J connectivity index is 3.65. The Bertz CT molecular complexity index is 602. The van der Waals surface area contributed by atoms with Crippen molar-refractivity contribution in [1.29, 1.82) is 0 Å². The summed E-state index contributed by atoms with van der Waals surface area (Å²) in [7, 11) is -1.51. The summed E-state index contributed by atoms with van der Waals surface area (Å²) in [5.74, 6) is 2.21. The van der Waals surface area contributed by atoms with E-state index < -0.39 is 14.0 Å². The van der Waals surface area contributed by atoms with Gasteiger partial charge in [0.1, 0.15) is 8.07 Å². The standard InChI is InChI=1S/C15H21NO2Si/c1-9-12(7-8-19(4,5)6)10(2)14(16)11(3)13(9)15(17)18/h16H2,1-6H3,(H,17,18). The monoisotopic (exact) mass is 275 g/mol. The van der Waals surface area contributed by atoms with Gasteiger partial charge in [0.2, 0.25) is 0 Å². The molecule has 0 fully saturated rings. The van der Waals surface area contributed by atoms with E-state index in [1.165, 1.54) is 0 Å². The number of carbonyl (C=O) groups is 1. The van der Waals surface area contributed by atoms with Crippen molar-refractivity contribution in [3.63, 3.8) is 0 Å². The van der Waals surface area contributed by atoms with Crippen LogP contribution in [0.25, 0.3) is 0 Å². The largest absolute Gasteiger partial charge is 0.478 e. The number of carboxylic acid groups (broad SMARTS) is 1. The molecule has 0 aliphatic heterocycles. The number of hydrogen-bond donors (Lipinski definition) is 2. The Kier molecular flexibility index (Phi) is 4.11. The van der Waals surface area contributed by atoms with E-state index in [-0.39, 0.29) is 5.56 Å². The highest BCUT2D eigenvalue weighted by Crippen LogP contribution is 2.28. The van der Waals surface area contributed by atoms with E-state index in [1.807, 2.05) is 6.92 Å². The van der Waals surface area contributed by atoms with E-state index in [1.54, 1.807) is 13.8 Å². The molecule has 0 aliphatic rings. The molecule has 0 heterocycles. The average molecular weight is 275 g/mol. The lowest BCUT2D eigenvalue weighted by Crippen LogP contribution is -2.17. The first-order chi connectivity index (χ1) is 8.56. The Morgan fingerprint density at radius 3 is 2.05 bits per heavy atom. The lowest BCUT2D eigenvalue weighted by atomic mass is 9.92. The molecule has 0 spiro atoms. The van der Waals surface area contributed by atoms with Crippen LogP contribution < -0.4 is 5.73 Å². The second-order valence-corrected chi connectivity index (χ2v) is 10.6. The van der Waals surface area contributed by atoms with Crippen molar-refractivity contribution < 1.29 is 9.90 Å². The minimum atomic E-state index is -1.51. The van der Waals surface area contributed by atoms with Gasteiger partial charge in [-0.2, -0.15) is 0 Å². The maximum atomic E-state index is 11.4. The lowest BCUT2D eigenvalue weighted by Gasteiger charge is -2.15. The fraction of sp³-hybridized carbons (Fsp3) is 0.400. The van der Waals surface area contributed by atoms with Crippen LogP contribution in [-0.4, -0.2) is 19.1 Å². The molecular weight excluding hydrogens is 254 g/mol. The first kappa shape index (κ1) is 15.3. The van der Waals surface area contributed by atoms with Gasteiger partial charge < -0.3 is 10.8 Å². The molecule has 3 N–H and O–H groups in total. The molecule has 0 aliphatic carbocycles. The summed E-state index contributed by atoms with van der Waals surface area (Å²) in [4.78, 5) is 11.4. The Hall–Kier alpha value is -1.73. The van der Waals surface area contributed by atoms with E-state index in [2.05, 4.69) is 31.1 Å². The van der Waals surface area contributed by atoms with Gasteiger partial charge in [-0.1, -0.05) is 25.6 Å². The fourth-order valence-electron chi connectivity index (χ4n) is 2.00. The summed E-state index contributed by atoms with van der Waals surface area (Å²) in [5, 5.41) is 9.32. The van der Waals surface area contributed by atoms with Gasteiger partial charge in [0.05, 0.1) is 5.56 Å². The predicted octanol–water partition coefficient (Wildman–Crippen LogP) is 3.12. The summed E-state index contributed by atoms with van der Waals surface area (Å²) in [6.45, 7) is 11.9. The van der Waals surface area contributed by atoms with Gasteiger partial charge in [-0.3, -0.25) is 0 Å². The second kappa shape index (κ2) is 5.10. The number of nitrogens with two attached hydrogens (primary N) is 1. The quantitative estimate of drug-likeness (QED) is 0.470. The highest BCUT2D eigenvalue weighted by Gasteiger charge is 2.19.